The first-order valence-electron chi connectivity index (χ1n) is 10.1. The number of rotatable bonds is 0. The molecule has 0 saturated heterocycles. The maximum absolute atomic E-state index is 11.8. The molecule has 4 aromatic rings. The smallest absolute Gasteiger partial charge is 0.234 e. The molecule has 2 aliphatic rings. The summed E-state index contributed by atoms with van der Waals surface area (Å²) in [6.45, 7) is 0. The van der Waals surface area contributed by atoms with Gasteiger partial charge in [-0.15, -0.1) is 0 Å². The van der Waals surface area contributed by atoms with Gasteiger partial charge in [-0.3, -0.25) is 19.2 Å². The summed E-state index contributed by atoms with van der Waals surface area (Å²) >= 11 is 0. The number of hydrogen-bond acceptors (Lipinski definition) is 4. The minimum absolute atomic E-state index is 0. The van der Waals surface area contributed by atoms with Crippen molar-refractivity contribution in [1.29, 1.82) is 0 Å². The SMILES string of the molecule is O=C1C(=O)c2ccccc2-c2ccccc21.O=C1C(=O)c2ccccc2-c2ccccc21.[Hg]. The Labute approximate surface area is 210 Å². The summed E-state index contributed by atoms with van der Waals surface area (Å²) in [4.78, 5) is 47.3. The van der Waals surface area contributed by atoms with Gasteiger partial charge in [0.05, 0.1) is 0 Å². The van der Waals surface area contributed by atoms with Crippen molar-refractivity contribution in [3.05, 3.63) is 119 Å². The van der Waals surface area contributed by atoms with E-state index < -0.39 is 23.1 Å². The molecule has 0 bridgehead atoms. The molecule has 2 aliphatic carbocycles. The van der Waals surface area contributed by atoms with Crippen molar-refractivity contribution < 1.29 is 46.8 Å². The second-order valence-corrected chi connectivity index (χ2v) is 7.50. The zero-order valence-electron chi connectivity index (χ0n) is 17.6. The van der Waals surface area contributed by atoms with Crippen LogP contribution in [0, 0.1) is 0 Å². The Morgan fingerprint density at radius 2 is 0.424 bits per heavy atom. The fraction of sp³-hybridized carbons (Fsp3) is 0. The summed E-state index contributed by atoms with van der Waals surface area (Å²) < 4.78 is 0. The van der Waals surface area contributed by atoms with E-state index in [2.05, 4.69) is 0 Å². The van der Waals surface area contributed by atoms with Crippen LogP contribution in [0.25, 0.3) is 22.3 Å². The number of carbonyl (C=O) groups excluding carboxylic acids is 4. The van der Waals surface area contributed by atoms with Gasteiger partial charge < -0.3 is 0 Å². The first-order chi connectivity index (χ1) is 15.6. The first-order valence-corrected chi connectivity index (χ1v) is 10.1. The van der Waals surface area contributed by atoms with Crippen LogP contribution in [0.1, 0.15) is 41.4 Å². The van der Waals surface area contributed by atoms with Crippen LogP contribution in [-0.2, 0) is 27.7 Å². The molecule has 0 unspecified atom stereocenters. The van der Waals surface area contributed by atoms with Gasteiger partial charge >= 0.3 is 0 Å². The fourth-order valence-corrected chi connectivity index (χ4v) is 4.15. The summed E-state index contributed by atoms with van der Waals surface area (Å²) in [5.74, 6) is -1.63. The molecule has 154 valence electrons. The van der Waals surface area contributed by atoms with Gasteiger partial charge in [-0.05, 0) is 22.3 Å². The Morgan fingerprint density at radius 3 is 0.606 bits per heavy atom. The van der Waals surface area contributed by atoms with E-state index in [0.717, 1.165) is 22.3 Å². The van der Waals surface area contributed by atoms with E-state index in [1.165, 1.54) is 0 Å². The average molecular weight is 617 g/mol. The molecule has 0 spiro atoms. The molecule has 4 aromatic carbocycles. The minimum Gasteiger partial charge on any atom is -0.285 e. The quantitative estimate of drug-likeness (QED) is 0.194. The third-order valence-electron chi connectivity index (χ3n) is 5.68. The first kappa shape index (κ1) is 22.7. The average Bonchev–Trinajstić information content (AvgIpc) is 2.86. The van der Waals surface area contributed by atoms with Crippen molar-refractivity contribution >= 4 is 23.1 Å². The van der Waals surface area contributed by atoms with Crippen molar-refractivity contribution in [3.8, 4) is 22.3 Å². The van der Waals surface area contributed by atoms with E-state index in [0.29, 0.717) is 22.3 Å². The molecule has 5 heteroatoms. The van der Waals surface area contributed by atoms with Crippen molar-refractivity contribution in [2.45, 2.75) is 0 Å². The van der Waals surface area contributed by atoms with Crippen LogP contribution in [0.3, 0.4) is 0 Å². The predicted octanol–water partition coefficient (Wildman–Crippen LogP) is 5.46. The molecular formula is C28H16HgO4. The van der Waals surface area contributed by atoms with Gasteiger partial charge in [0.1, 0.15) is 0 Å². The molecule has 0 heterocycles. The maximum Gasteiger partial charge on any atom is 0.234 e. The number of fused-ring (bicyclic) bond motifs is 6. The fourth-order valence-electron chi connectivity index (χ4n) is 4.15. The van der Waals surface area contributed by atoms with Crippen LogP contribution in [0.2, 0.25) is 0 Å². The number of carbonyl (C=O) groups is 4. The topological polar surface area (TPSA) is 68.3 Å². The number of hydrogen-bond donors (Lipinski definition) is 0. The molecule has 0 saturated carbocycles. The molecular weight excluding hydrogens is 601 g/mol. The predicted molar refractivity (Wildman–Crippen MR) is 121 cm³/mol. The molecule has 0 aromatic heterocycles. The molecule has 0 fully saturated rings. The Hall–Kier alpha value is -3.50. The van der Waals surface area contributed by atoms with Gasteiger partial charge in [0.25, 0.3) is 0 Å². The van der Waals surface area contributed by atoms with Gasteiger partial charge in [-0.2, -0.15) is 0 Å². The summed E-state index contributed by atoms with van der Waals surface area (Å²) in [7, 11) is 0. The maximum atomic E-state index is 11.8. The van der Waals surface area contributed by atoms with E-state index in [-0.39, 0.29) is 27.7 Å². The Balaban J connectivity index is 0.000000152. The van der Waals surface area contributed by atoms with Crippen LogP contribution in [-0.4, -0.2) is 23.1 Å². The van der Waals surface area contributed by atoms with Crippen LogP contribution in [0.4, 0.5) is 0 Å². The summed E-state index contributed by atoms with van der Waals surface area (Å²) in [5.41, 5.74) is 5.42. The molecule has 6 rings (SSSR count). The van der Waals surface area contributed by atoms with Gasteiger partial charge in [0, 0.05) is 49.9 Å². The normalized spacial score (nSPS) is 12.8. The Bertz CT molecular complexity index is 1230. The molecule has 0 amide bonds. The Morgan fingerprint density at radius 1 is 0.273 bits per heavy atom. The minimum atomic E-state index is -0.408. The number of benzene rings is 4. The van der Waals surface area contributed by atoms with Crippen molar-refractivity contribution in [3.63, 3.8) is 0 Å². The summed E-state index contributed by atoms with van der Waals surface area (Å²) in [6.07, 6.45) is 0. The summed E-state index contributed by atoms with van der Waals surface area (Å²) in [5, 5.41) is 0. The number of ketones is 4. The van der Waals surface area contributed by atoms with E-state index in [9.17, 15) is 19.2 Å². The van der Waals surface area contributed by atoms with Gasteiger partial charge in [-0.25, -0.2) is 0 Å². The molecule has 0 aliphatic heterocycles. The monoisotopic (exact) mass is 618 g/mol. The van der Waals surface area contributed by atoms with E-state index in [1.807, 2.05) is 48.5 Å². The number of Topliss-reactive ketones (excluding diaryl/α,β-unsaturated/α-hetero) is 4. The van der Waals surface area contributed by atoms with Crippen LogP contribution in [0.15, 0.2) is 97.1 Å². The molecule has 0 atom stereocenters. The van der Waals surface area contributed by atoms with Crippen molar-refractivity contribution in [2.24, 2.45) is 0 Å². The van der Waals surface area contributed by atoms with Crippen LogP contribution < -0.4 is 0 Å². The van der Waals surface area contributed by atoms with Crippen molar-refractivity contribution in [2.75, 3.05) is 0 Å². The second kappa shape index (κ2) is 9.16. The van der Waals surface area contributed by atoms with Crippen LogP contribution in [0.5, 0.6) is 0 Å². The molecule has 33 heavy (non-hydrogen) atoms. The van der Waals surface area contributed by atoms with Gasteiger partial charge in [0.15, 0.2) is 0 Å². The molecule has 4 nitrogen and oxygen atoms in total. The second-order valence-electron chi connectivity index (χ2n) is 7.50. The van der Waals surface area contributed by atoms with E-state index in [1.54, 1.807) is 48.5 Å². The van der Waals surface area contributed by atoms with Crippen LogP contribution >= 0.6 is 0 Å². The zero-order valence-corrected chi connectivity index (χ0v) is 23.1. The van der Waals surface area contributed by atoms with Gasteiger partial charge in [-0.1, -0.05) is 97.1 Å². The Kier molecular flexibility index (Phi) is 6.30. The standard InChI is InChI=1S/2C14H8O2.Hg/c2*15-13-11-7-3-1-5-9(11)10-6-2-4-8-12(10)14(13)16;/h2*1-8H;. The molecule has 0 N–H and O–H groups in total. The third-order valence-corrected chi connectivity index (χ3v) is 5.68. The largest absolute Gasteiger partial charge is 0.285 e. The van der Waals surface area contributed by atoms with E-state index in [4.69, 9.17) is 0 Å². The molecule has 0 radical (unpaired) electrons. The van der Waals surface area contributed by atoms with Gasteiger partial charge in [0.2, 0.25) is 23.1 Å². The zero-order chi connectivity index (χ0) is 22.2. The van der Waals surface area contributed by atoms with E-state index >= 15 is 0 Å². The third kappa shape index (κ3) is 3.81. The summed E-state index contributed by atoms with van der Waals surface area (Å²) in [6, 6.07) is 28.9. The van der Waals surface area contributed by atoms with Crippen molar-refractivity contribution in [1.82, 2.24) is 0 Å².